The van der Waals surface area contributed by atoms with E-state index < -0.39 is 14.1 Å². The van der Waals surface area contributed by atoms with Gasteiger partial charge in [-0.25, -0.2) is 4.57 Å². The molecule has 0 N–H and O–H groups in total. The van der Waals surface area contributed by atoms with Gasteiger partial charge in [0.25, 0.3) is 0 Å². The van der Waals surface area contributed by atoms with Gasteiger partial charge in [-0.15, -0.1) is 0 Å². The number of carbonyl (C=O) groups is 1. The Hall–Kier alpha value is -0.430. The number of rotatable bonds is 8. The van der Waals surface area contributed by atoms with Crippen molar-refractivity contribution in [3.63, 3.8) is 0 Å². The molecule has 0 aromatic heterocycles. The quantitative estimate of drug-likeness (QED) is 0.591. The van der Waals surface area contributed by atoms with Crippen molar-refractivity contribution < 1.29 is 13.9 Å². The van der Waals surface area contributed by atoms with Crippen LogP contribution in [0, 0.1) is 5.41 Å². The summed E-state index contributed by atoms with van der Waals surface area (Å²) in [7, 11) is -0.530. The summed E-state index contributed by atoms with van der Waals surface area (Å²) in [4.78, 5) is 11.8. The fourth-order valence-corrected chi connectivity index (χ4v) is 2.51. The van der Waals surface area contributed by atoms with Crippen molar-refractivity contribution in [1.82, 2.24) is 0 Å². The highest BCUT2D eigenvalue weighted by Crippen LogP contribution is 2.37. The lowest BCUT2D eigenvalue weighted by molar-refractivity contribution is -0.146. The van der Waals surface area contributed by atoms with Gasteiger partial charge >= 0.3 is 14.7 Å². The highest BCUT2D eigenvalue weighted by Gasteiger charge is 2.37. The topological polar surface area (TPSA) is 43.4 Å². The molecular weight excluding hydrogens is 211 g/mol. The van der Waals surface area contributed by atoms with Crippen molar-refractivity contribution in [3.8, 4) is 0 Å². The van der Waals surface area contributed by atoms with E-state index in [0.29, 0.717) is 0 Å². The summed E-state index contributed by atoms with van der Waals surface area (Å²) in [6.07, 6.45) is 5.32. The Morgan fingerprint density at radius 2 is 1.47 bits per heavy atom. The lowest BCUT2D eigenvalue weighted by Crippen LogP contribution is -2.31. The molecule has 0 bridgehead atoms. The van der Waals surface area contributed by atoms with Crippen LogP contribution in [-0.2, 0) is 13.9 Å². The van der Waals surface area contributed by atoms with Crippen LogP contribution in [-0.4, -0.2) is 5.97 Å². The molecule has 0 aliphatic rings. The SMILES string of the molecule is CCCC(CCC)(CCC)C(=O)OP=O. The van der Waals surface area contributed by atoms with Crippen LogP contribution in [0.15, 0.2) is 0 Å². The monoisotopic (exact) mass is 232 g/mol. The average Bonchev–Trinajstić information content (AvgIpc) is 2.19. The van der Waals surface area contributed by atoms with Gasteiger partial charge in [-0.3, -0.25) is 4.79 Å². The van der Waals surface area contributed by atoms with Crippen molar-refractivity contribution in [1.29, 1.82) is 0 Å². The Morgan fingerprint density at radius 1 is 1.07 bits per heavy atom. The van der Waals surface area contributed by atoms with Gasteiger partial charge in [-0.05, 0) is 19.3 Å². The summed E-state index contributed by atoms with van der Waals surface area (Å²) in [6, 6.07) is 0. The molecule has 0 radical (unpaired) electrons. The lowest BCUT2D eigenvalue weighted by atomic mass is 9.76. The van der Waals surface area contributed by atoms with Crippen LogP contribution in [0.1, 0.15) is 59.3 Å². The second kappa shape index (κ2) is 7.81. The molecule has 15 heavy (non-hydrogen) atoms. The zero-order chi connectivity index (χ0) is 11.7. The zero-order valence-corrected chi connectivity index (χ0v) is 10.8. The minimum atomic E-state index is -0.530. The number of hydrogen-bond acceptors (Lipinski definition) is 3. The van der Waals surface area contributed by atoms with Gasteiger partial charge in [-0.2, -0.15) is 0 Å². The van der Waals surface area contributed by atoms with Gasteiger partial charge in [0.1, 0.15) is 0 Å². The van der Waals surface area contributed by atoms with Crippen molar-refractivity contribution in [2.75, 3.05) is 0 Å². The first kappa shape index (κ1) is 14.6. The molecule has 3 nitrogen and oxygen atoms in total. The summed E-state index contributed by atoms with van der Waals surface area (Å²) >= 11 is 0. The third-order valence-electron chi connectivity index (χ3n) is 2.74. The first-order valence-corrected chi connectivity index (χ1v) is 6.44. The summed E-state index contributed by atoms with van der Waals surface area (Å²) in [5.74, 6) is -0.301. The van der Waals surface area contributed by atoms with Crippen LogP contribution in [0.4, 0.5) is 0 Å². The van der Waals surface area contributed by atoms with Crippen LogP contribution in [0.2, 0.25) is 0 Å². The van der Waals surface area contributed by atoms with E-state index in [4.69, 9.17) is 0 Å². The second-order valence-electron chi connectivity index (χ2n) is 3.98. The maximum absolute atomic E-state index is 11.8. The van der Waals surface area contributed by atoms with Crippen LogP contribution in [0.5, 0.6) is 0 Å². The molecule has 4 heteroatoms. The summed E-state index contributed by atoms with van der Waals surface area (Å²) in [5, 5.41) is 0. The van der Waals surface area contributed by atoms with Crippen LogP contribution >= 0.6 is 8.69 Å². The lowest BCUT2D eigenvalue weighted by Gasteiger charge is -2.29. The Labute approximate surface area is 93.9 Å². The first-order valence-electron chi connectivity index (χ1n) is 5.71. The molecule has 0 aromatic carbocycles. The largest absolute Gasteiger partial charge is 0.398 e. The molecule has 0 heterocycles. The van der Waals surface area contributed by atoms with E-state index in [-0.39, 0.29) is 5.97 Å². The van der Waals surface area contributed by atoms with Crippen LogP contribution in [0.25, 0.3) is 0 Å². The molecular formula is C11H21O3P. The third kappa shape index (κ3) is 4.29. The Balaban J connectivity index is 4.73. The molecule has 0 saturated heterocycles. The number of hydrogen-bond donors (Lipinski definition) is 0. The van der Waals surface area contributed by atoms with Gasteiger partial charge in [0.2, 0.25) is 0 Å². The molecule has 0 rings (SSSR count). The predicted octanol–water partition coefficient (Wildman–Crippen LogP) is 4.12. The third-order valence-corrected chi connectivity index (χ3v) is 2.98. The molecule has 0 spiro atoms. The highest BCUT2D eigenvalue weighted by atomic mass is 31.1. The Morgan fingerprint density at radius 3 is 1.73 bits per heavy atom. The van der Waals surface area contributed by atoms with Crippen molar-refractivity contribution in [3.05, 3.63) is 0 Å². The fourth-order valence-electron chi connectivity index (χ4n) is 2.25. The molecule has 0 fully saturated rings. The van der Waals surface area contributed by atoms with Crippen molar-refractivity contribution in [2.24, 2.45) is 5.41 Å². The van der Waals surface area contributed by atoms with Crippen molar-refractivity contribution in [2.45, 2.75) is 59.3 Å². The standard InChI is InChI=1S/C11H21O3P/c1-4-7-11(8-5-2,9-6-3)10(12)14-15-13/h4-9H2,1-3H3. The minimum Gasteiger partial charge on any atom is -0.372 e. The molecule has 0 saturated carbocycles. The van der Waals surface area contributed by atoms with E-state index in [9.17, 15) is 9.36 Å². The summed E-state index contributed by atoms with van der Waals surface area (Å²) < 4.78 is 15.0. The summed E-state index contributed by atoms with van der Waals surface area (Å²) in [6.45, 7) is 6.17. The van der Waals surface area contributed by atoms with Crippen molar-refractivity contribution >= 4 is 14.7 Å². The van der Waals surface area contributed by atoms with Gasteiger partial charge < -0.3 is 4.52 Å². The Bertz CT molecular complexity index is 187. The molecule has 0 aliphatic carbocycles. The smallest absolute Gasteiger partial charge is 0.372 e. The molecule has 0 amide bonds. The fraction of sp³-hybridized carbons (Fsp3) is 0.909. The molecule has 0 aliphatic heterocycles. The molecule has 0 unspecified atom stereocenters. The van der Waals surface area contributed by atoms with E-state index in [2.05, 4.69) is 25.3 Å². The molecule has 0 aromatic rings. The predicted molar refractivity (Wildman–Crippen MR) is 60.9 cm³/mol. The zero-order valence-electron chi connectivity index (χ0n) is 9.91. The molecule has 88 valence electrons. The van der Waals surface area contributed by atoms with Crippen LogP contribution in [0.3, 0.4) is 0 Å². The maximum Gasteiger partial charge on any atom is 0.398 e. The van der Waals surface area contributed by atoms with Crippen LogP contribution < -0.4 is 0 Å². The van der Waals surface area contributed by atoms with E-state index in [1.165, 1.54) is 0 Å². The second-order valence-corrected chi connectivity index (χ2v) is 4.32. The normalized spacial score (nSPS) is 11.7. The van der Waals surface area contributed by atoms with E-state index in [1.807, 2.05) is 0 Å². The summed E-state index contributed by atoms with van der Waals surface area (Å²) in [5.41, 5.74) is -0.407. The Kier molecular flexibility index (Phi) is 7.59. The molecule has 0 atom stereocenters. The number of carbonyl (C=O) groups excluding carboxylic acids is 1. The maximum atomic E-state index is 11.8. The first-order chi connectivity index (χ1) is 7.16. The van der Waals surface area contributed by atoms with E-state index in [0.717, 1.165) is 38.5 Å². The van der Waals surface area contributed by atoms with Gasteiger partial charge in [-0.1, -0.05) is 40.0 Å². The van der Waals surface area contributed by atoms with Gasteiger partial charge in [0, 0.05) is 0 Å². The van der Waals surface area contributed by atoms with Gasteiger partial charge in [0.05, 0.1) is 5.41 Å². The minimum absolute atomic E-state index is 0.301. The van der Waals surface area contributed by atoms with E-state index >= 15 is 0 Å². The average molecular weight is 232 g/mol. The van der Waals surface area contributed by atoms with E-state index in [1.54, 1.807) is 0 Å². The highest BCUT2D eigenvalue weighted by molar-refractivity contribution is 7.18. The van der Waals surface area contributed by atoms with Gasteiger partial charge in [0.15, 0.2) is 0 Å².